The Balaban J connectivity index is 2.30. The Morgan fingerprint density at radius 1 is 1.24 bits per heavy atom. The van der Waals surface area contributed by atoms with Gasteiger partial charge >= 0.3 is 0 Å². The fourth-order valence-electron chi connectivity index (χ4n) is 2.55. The maximum absolute atomic E-state index is 5.94. The molecule has 0 N–H and O–H groups in total. The van der Waals surface area contributed by atoms with E-state index in [9.17, 15) is 0 Å². The summed E-state index contributed by atoms with van der Waals surface area (Å²) in [6.45, 7) is 4.20. The molecule has 0 atom stereocenters. The van der Waals surface area contributed by atoms with Crippen molar-refractivity contribution in [2.75, 3.05) is 5.88 Å². The van der Waals surface area contributed by atoms with Crippen LogP contribution in [0.25, 0.3) is 16.9 Å². The molecular formula is C16H15BrClN3. The zero-order valence-corrected chi connectivity index (χ0v) is 14.2. The third kappa shape index (κ3) is 2.70. The van der Waals surface area contributed by atoms with Gasteiger partial charge in [-0.05, 0) is 47.5 Å². The summed E-state index contributed by atoms with van der Waals surface area (Å²) in [5.74, 6) is 1.48. The third-order valence-electron chi connectivity index (χ3n) is 3.44. The van der Waals surface area contributed by atoms with Crippen molar-refractivity contribution in [2.24, 2.45) is 0 Å². The Bertz CT molecular complexity index is 811. The van der Waals surface area contributed by atoms with E-state index in [0.717, 1.165) is 27.1 Å². The minimum absolute atomic E-state index is 0.537. The molecule has 2 heterocycles. The number of hydrogen-bond donors (Lipinski definition) is 0. The van der Waals surface area contributed by atoms with E-state index < -0.39 is 0 Å². The average molecular weight is 365 g/mol. The number of alkyl halides is 1. The minimum atomic E-state index is 0.537. The van der Waals surface area contributed by atoms with Crippen LogP contribution in [0, 0.1) is 13.8 Å². The maximum atomic E-state index is 5.94. The molecule has 0 bridgehead atoms. The number of fused-ring (bicyclic) bond motifs is 1. The summed E-state index contributed by atoms with van der Waals surface area (Å²) in [5, 5.41) is 0. The van der Waals surface area contributed by atoms with Crippen LogP contribution in [0.4, 0.5) is 0 Å². The van der Waals surface area contributed by atoms with Gasteiger partial charge in [0.25, 0.3) is 0 Å². The second kappa shape index (κ2) is 5.78. The predicted molar refractivity (Wildman–Crippen MR) is 90.5 cm³/mol. The minimum Gasteiger partial charge on any atom is -0.280 e. The molecule has 0 amide bonds. The lowest BCUT2D eigenvalue weighted by Crippen LogP contribution is -2.05. The molecule has 0 saturated carbocycles. The van der Waals surface area contributed by atoms with Crippen LogP contribution < -0.4 is 0 Å². The van der Waals surface area contributed by atoms with E-state index in [1.165, 1.54) is 11.1 Å². The van der Waals surface area contributed by atoms with Crippen molar-refractivity contribution in [3.8, 4) is 5.69 Å². The molecule has 0 fully saturated rings. The predicted octanol–water partition coefficient (Wildman–Crippen LogP) is 4.58. The van der Waals surface area contributed by atoms with E-state index in [4.69, 9.17) is 11.6 Å². The Morgan fingerprint density at radius 3 is 2.76 bits per heavy atom. The first-order valence-corrected chi connectivity index (χ1v) is 8.09. The molecule has 0 radical (unpaired) electrons. The number of pyridine rings is 1. The van der Waals surface area contributed by atoms with Gasteiger partial charge in [-0.1, -0.05) is 17.7 Å². The van der Waals surface area contributed by atoms with E-state index in [1.54, 1.807) is 6.20 Å². The Morgan fingerprint density at radius 2 is 2.05 bits per heavy atom. The molecule has 3 aromatic rings. The van der Waals surface area contributed by atoms with Crippen LogP contribution in [0.1, 0.15) is 17.0 Å². The van der Waals surface area contributed by atoms with Crippen molar-refractivity contribution in [3.63, 3.8) is 0 Å². The van der Waals surface area contributed by atoms with E-state index in [0.29, 0.717) is 12.3 Å². The van der Waals surface area contributed by atoms with Crippen molar-refractivity contribution in [2.45, 2.75) is 20.3 Å². The van der Waals surface area contributed by atoms with Gasteiger partial charge in [-0.25, -0.2) is 9.97 Å². The third-order valence-corrected chi connectivity index (χ3v) is 4.07. The number of nitrogens with zero attached hydrogens (tertiary/aromatic N) is 3. The highest BCUT2D eigenvalue weighted by Crippen LogP contribution is 2.25. The molecule has 0 spiro atoms. The molecule has 3 rings (SSSR count). The van der Waals surface area contributed by atoms with E-state index in [2.05, 4.69) is 62.5 Å². The van der Waals surface area contributed by atoms with E-state index >= 15 is 0 Å². The molecule has 0 aliphatic carbocycles. The van der Waals surface area contributed by atoms with Gasteiger partial charge in [0.1, 0.15) is 11.3 Å². The highest BCUT2D eigenvalue weighted by atomic mass is 79.9. The van der Waals surface area contributed by atoms with Crippen LogP contribution in [-0.2, 0) is 6.42 Å². The van der Waals surface area contributed by atoms with Crippen molar-refractivity contribution >= 4 is 38.7 Å². The van der Waals surface area contributed by atoms with Gasteiger partial charge in [-0.3, -0.25) is 4.57 Å². The second-order valence-electron chi connectivity index (χ2n) is 5.09. The number of aryl methyl sites for hydroxylation is 3. The monoisotopic (exact) mass is 363 g/mol. The van der Waals surface area contributed by atoms with Crippen LogP contribution in [0.5, 0.6) is 0 Å². The molecule has 0 saturated heterocycles. The topological polar surface area (TPSA) is 30.7 Å². The van der Waals surface area contributed by atoms with Crippen molar-refractivity contribution in [1.29, 1.82) is 0 Å². The van der Waals surface area contributed by atoms with Crippen LogP contribution in [0.3, 0.4) is 0 Å². The number of aromatic nitrogens is 3. The quantitative estimate of drug-likeness (QED) is 0.637. The fraction of sp³-hybridized carbons (Fsp3) is 0.250. The molecule has 108 valence electrons. The molecule has 21 heavy (non-hydrogen) atoms. The first kappa shape index (κ1) is 14.5. The van der Waals surface area contributed by atoms with Crippen LogP contribution in [0.2, 0.25) is 0 Å². The van der Waals surface area contributed by atoms with Crippen LogP contribution >= 0.6 is 27.5 Å². The Labute approximate surface area is 137 Å². The van der Waals surface area contributed by atoms with Crippen molar-refractivity contribution in [1.82, 2.24) is 14.5 Å². The highest BCUT2D eigenvalue weighted by Gasteiger charge is 2.15. The molecule has 5 heteroatoms. The molecule has 0 aliphatic rings. The first-order valence-electron chi connectivity index (χ1n) is 6.76. The first-order chi connectivity index (χ1) is 10.1. The molecular weight excluding hydrogens is 350 g/mol. The SMILES string of the molecule is Cc1ccc(-n2c(CCCl)nc3cc(Br)cnc32)c(C)c1. The summed E-state index contributed by atoms with van der Waals surface area (Å²) in [5.41, 5.74) is 5.30. The summed E-state index contributed by atoms with van der Waals surface area (Å²) in [4.78, 5) is 9.22. The van der Waals surface area contributed by atoms with Gasteiger partial charge in [0.15, 0.2) is 5.65 Å². The fourth-order valence-corrected chi connectivity index (χ4v) is 3.04. The van der Waals surface area contributed by atoms with Crippen molar-refractivity contribution in [3.05, 3.63) is 51.9 Å². The zero-order valence-electron chi connectivity index (χ0n) is 11.9. The van der Waals surface area contributed by atoms with Gasteiger partial charge in [-0.2, -0.15) is 0 Å². The molecule has 1 aromatic carbocycles. The second-order valence-corrected chi connectivity index (χ2v) is 6.38. The largest absolute Gasteiger partial charge is 0.280 e. The van der Waals surface area contributed by atoms with Gasteiger partial charge in [0.05, 0.1) is 5.69 Å². The number of rotatable bonds is 3. The number of halogens is 2. The lowest BCUT2D eigenvalue weighted by molar-refractivity contribution is 0.899. The standard InChI is InChI=1S/C16H15BrClN3/c1-10-3-4-14(11(2)7-10)21-15(5-6-18)20-13-8-12(17)9-19-16(13)21/h3-4,7-9H,5-6H2,1-2H3. The molecule has 3 nitrogen and oxygen atoms in total. The van der Waals surface area contributed by atoms with Crippen LogP contribution in [0.15, 0.2) is 34.9 Å². The van der Waals surface area contributed by atoms with Crippen molar-refractivity contribution < 1.29 is 0 Å². The smallest absolute Gasteiger partial charge is 0.164 e. The highest BCUT2D eigenvalue weighted by molar-refractivity contribution is 9.10. The molecule has 2 aromatic heterocycles. The summed E-state index contributed by atoms with van der Waals surface area (Å²) in [7, 11) is 0. The summed E-state index contributed by atoms with van der Waals surface area (Å²) in [6, 6.07) is 8.38. The van der Waals surface area contributed by atoms with Gasteiger partial charge in [-0.15, -0.1) is 11.6 Å². The number of hydrogen-bond acceptors (Lipinski definition) is 2. The van der Waals surface area contributed by atoms with Gasteiger partial charge < -0.3 is 0 Å². The number of imidazole rings is 1. The van der Waals surface area contributed by atoms with Crippen LogP contribution in [-0.4, -0.2) is 20.4 Å². The summed E-state index contributed by atoms with van der Waals surface area (Å²) >= 11 is 9.38. The summed E-state index contributed by atoms with van der Waals surface area (Å²) < 4.78 is 3.04. The zero-order chi connectivity index (χ0) is 15.0. The average Bonchev–Trinajstić information content (AvgIpc) is 2.76. The van der Waals surface area contributed by atoms with E-state index in [1.807, 2.05) is 6.07 Å². The maximum Gasteiger partial charge on any atom is 0.164 e. The normalized spacial score (nSPS) is 11.2. The lowest BCUT2D eigenvalue weighted by atomic mass is 10.1. The summed E-state index contributed by atoms with van der Waals surface area (Å²) in [6.07, 6.45) is 2.51. The molecule has 0 unspecified atom stereocenters. The Hall–Kier alpha value is -1.39. The number of benzene rings is 1. The molecule has 0 aliphatic heterocycles. The van der Waals surface area contributed by atoms with E-state index in [-0.39, 0.29) is 0 Å². The van der Waals surface area contributed by atoms with Gasteiger partial charge in [0, 0.05) is 23.0 Å². The lowest BCUT2D eigenvalue weighted by Gasteiger charge is -2.11. The Kier molecular flexibility index (Phi) is 4.00. The van der Waals surface area contributed by atoms with Gasteiger partial charge in [0.2, 0.25) is 0 Å².